The van der Waals surface area contributed by atoms with E-state index >= 15 is 0 Å². The molecule has 4 rings (SSSR count). The Morgan fingerprint density at radius 2 is 1.69 bits per heavy atom. The number of imidazole rings is 1. The third-order valence-corrected chi connectivity index (χ3v) is 5.95. The lowest BCUT2D eigenvalue weighted by molar-refractivity contribution is -0.132. The fourth-order valence-corrected chi connectivity index (χ4v) is 4.00. The van der Waals surface area contributed by atoms with Gasteiger partial charge < -0.3 is 4.90 Å². The number of hydrogen-bond donors (Lipinski definition) is 0. The molecule has 0 bridgehead atoms. The molecule has 0 saturated heterocycles. The molecule has 8 nitrogen and oxygen atoms in total. The second-order valence-corrected chi connectivity index (χ2v) is 7.94. The van der Waals surface area contributed by atoms with E-state index in [1.807, 2.05) is 62.5 Å². The molecule has 0 fully saturated rings. The number of carbonyl (C=O) groups is 1. The van der Waals surface area contributed by atoms with Crippen molar-refractivity contribution in [2.24, 2.45) is 0 Å². The Balaban J connectivity index is 1.46. The van der Waals surface area contributed by atoms with Crippen molar-refractivity contribution in [3.05, 3.63) is 77.2 Å². The summed E-state index contributed by atoms with van der Waals surface area (Å²) in [7, 11) is 1.81. The average molecular weight is 433 g/mol. The molecule has 0 aliphatic heterocycles. The van der Waals surface area contributed by atoms with Gasteiger partial charge in [-0.25, -0.2) is 14.5 Å². The van der Waals surface area contributed by atoms with Crippen LogP contribution in [-0.2, 0) is 17.9 Å². The minimum absolute atomic E-state index is 0.00271. The summed E-state index contributed by atoms with van der Waals surface area (Å²) < 4.78 is 5.20. The van der Waals surface area contributed by atoms with Gasteiger partial charge in [0.1, 0.15) is 12.7 Å². The van der Waals surface area contributed by atoms with E-state index in [4.69, 9.17) is 0 Å². The van der Waals surface area contributed by atoms with E-state index in [0.717, 1.165) is 28.7 Å². The molecule has 32 heavy (non-hydrogen) atoms. The van der Waals surface area contributed by atoms with Gasteiger partial charge in [-0.2, -0.15) is 5.10 Å². The van der Waals surface area contributed by atoms with Gasteiger partial charge in [-0.15, -0.1) is 0 Å². The van der Waals surface area contributed by atoms with Gasteiger partial charge in [0.05, 0.1) is 22.8 Å². The van der Waals surface area contributed by atoms with Gasteiger partial charge in [0.2, 0.25) is 5.91 Å². The molecule has 2 aromatic carbocycles. The van der Waals surface area contributed by atoms with Crippen LogP contribution < -0.4 is 5.69 Å². The Hall–Kier alpha value is -3.68. The van der Waals surface area contributed by atoms with Crippen LogP contribution in [0.5, 0.6) is 0 Å². The van der Waals surface area contributed by atoms with Crippen molar-refractivity contribution in [2.45, 2.75) is 45.8 Å². The number of fused-ring (bicyclic) bond motifs is 1. The van der Waals surface area contributed by atoms with Crippen molar-refractivity contribution in [2.75, 3.05) is 7.05 Å². The molecule has 0 N–H and O–H groups in total. The van der Waals surface area contributed by atoms with Crippen molar-refractivity contribution in [1.29, 1.82) is 0 Å². The summed E-state index contributed by atoms with van der Waals surface area (Å²) in [6.07, 6.45) is 4.28. The molecule has 0 aliphatic carbocycles. The maximum Gasteiger partial charge on any atom is 0.329 e. The van der Waals surface area contributed by atoms with E-state index < -0.39 is 0 Å². The predicted molar refractivity (Wildman–Crippen MR) is 124 cm³/mol. The van der Waals surface area contributed by atoms with Gasteiger partial charge in [0.15, 0.2) is 0 Å². The Morgan fingerprint density at radius 3 is 2.28 bits per heavy atom. The van der Waals surface area contributed by atoms with E-state index in [2.05, 4.69) is 17.0 Å². The summed E-state index contributed by atoms with van der Waals surface area (Å²) in [5, 5.41) is 4.13. The lowest BCUT2D eigenvalue weighted by Gasteiger charge is -2.25. The van der Waals surface area contributed by atoms with Crippen molar-refractivity contribution in [3.8, 4) is 5.69 Å². The number of rotatable bonds is 8. The highest BCUT2D eigenvalue weighted by molar-refractivity contribution is 5.78. The van der Waals surface area contributed by atoms with Crippen LogP contribution in [0.3, 0.4) is 0 Å². The summed E-state index contributed by atoms with van der Waals surface area (Å²) in [6.45, 7) is 5.08. The minimum Gasteiger partial charge on any atom is -0.339 e. The SMILES string of the molecule is CCCn1c(=O)n(CCC(=O)N(C)[C@H](C)c2ccc(-n3cncn3)cc2)c2ccccc21. The van der Waals surface area contributed by atoms with Crippen LogP contribution >= 0.6 is 0 Å². The standard InChI is InChI=1S/C24H28N6O2/c1-4-14-28-21-7-5-6-8-22(21)29(24(28)32)15-13-23(31)27(3)18(2)19-9-11-20(12-10-19)30-17-25-16-26-30/h5-12,16-18H,4,13-15H2,1-3H3/t18-/m1/s1. The van der Waals surface area contributed by atoms with Gasteiger partial charge in [0.25, 0.3) is 0 Å². The summed E-state index contributed by atoms with van der Waals surface area (Å²) in [6, 6.07) is 15.6. The van der Waals surface area contributed by atoms with E-state index in [1.54, 1.807) is 25.0 Å². The second-order valence-electron chi connectivity index (χ2n) is 7.94. The first-order chi connectivity index (χ1) is 15.5. The Morgan fingerprint density at radius 1 is 1.03 bits per heavy atom. The zero-order valence-corrected chi connectivity index (χ0v) is 18.7. The average Bonchev–Trinajstić information content (AvgIpc) is 3.45. The summed E-state index contributed by atoms with van der Waals surface area (Å²) in [5.41, 5.74) is 3.68. The molecule has 0 unspecified atom stereocenters. The molecule has 166 valence electrons. The lowest BCUT2D eigenvalue weighted by atomic mass is 10.1. The van der Waals surface area contributed by atoms with Crippen molar-refractivity contribution in [3.63, 3.8) is 0 Å². The Labute approximate surface area is 186 Å². The third kappa shape index (κ3) is 4.08. The van der Waals surface area contributed by atoms with Crippen LogP contribution in [0.2, 0.25) is 0 Å². The van der Waals surface area contributed by atoms with Crippen molar-refractivity contribution >= 4 is 16.9 Å². The van der Waals surface area contributed by atoms with Gasteiger partial charge >= 0.3 is 5.69 Å². The van der Waals surface area contributed by atoms with Crippen LogP contribution in [0.15, 0.2) is 66.0 Å². The van der Waals surface area contributed by atoms with Crippen LogP contribution in [0.1, 0.15) is 38.3 Å². The fraction of sp³-hybridized carbons (Fsp3) is 0.333. The van der Waals surface area contributed by atoms with E-state index in [1.165, 1.54) is 6.33 Å². The van der Waals surface area contributed by atoms with Crippen molar-refractivity contribution < 1.29 is 4.79 Å². The molecular weight excluding hydrogens is 404 g/mol. The monoisotopic (exact) mass is 432 g/mol. The first-order valence-electron chi connectivity index (χ1n) is 10.9. The van der Waals surface area contributed by atoms with Crippen LogP contribution in [-0.4, -0.2) is 41.8 Å². The van der Waals surface area contributed by atoms with E-state index in [-0.39, 0.29) is 24.1 Å². The zero-order chi connectivity index (χ0) is 22.7. The number of aromatic nitrogens is 5. The quantitative estimate of drug-likeness (QED) is 0.428. The van der Waals surface area contributed by atoms with Crippen LogP contribution in [0.25, 0.3) is 16.7 Å². The highest BCUT2D eigenvalue weighted by Crippen LogP contribution is 2.21. The number of benzene rings is 2. The third-order valence-electron chi connectivity index (χ3n) is 5.95. The molecule has 0 radical (unpaired) electrons. The van der Waals surface area contributed by atoms with E-state index in [9.17, 15) is 9.59 Å². The molecule has 1 amide bonds. The minimum atomic E-state index is -0.0922. The van der Waals surface area contributed by atoms with E-state index in [0.29, 0.717) is 13.1 Å². The van der Waals surface area contributed by atoms with Crippen molar-refractivity contribution in [1.82, 2.24) is 28.8 Å². The van der Waals surface area contributed by atoms with Crippen LogP contribution in [0.4, 0.5) is 0 Å². The molecule has 0 aliphatic rings. The lowest BCUT2D eigenvalue weighted by Crippen LogP contribution is -2.32. The maximum atomic E-state index is 12.9. The van der Waals surface area contributed by atoms with Gasteiger partial charge in [-0.05, 0) is 43.2 Å². The van der Waals surface area contributed by atoms with Gasteiger partial charge in [0, 0.05) is 26.6 Å². The molecule has 0 saturated carbocycles. The number of aryl methyl sites for hydroxylation is 2. The molecule has 2 heterocycles. The largest absolute Gasteiger partial charge is 0.339 e. The number of carbonyl (C=O) groups excluding carboxylic acids is 1. The topological polar surface area (TPSA) is 78.0 Å². The molecule has 4 aromatic rings. The second kappa shape index (κ2) is 9.21. The van der Waals surface area contributed by atoms with Crippen LogP contribution in [0, 0.1) is 0 Å². The number of amides is 1. The molecular formula is C24H28N6O2. The number of para-hydroxylation sites is 2. The van der Waals surface area contributed by atoms with Gasteiger partial charge in [-0.3, -0.25) is 13.9 Å². The maximum absolute atomic E-state index is 12.9. The fourth-order valence-electron chi connectivity index (χ4n) is 4.00. The summed E-state index contributed by atoms with van der Waals surface area (Å²) in [4.78, 5) is 31.6. The predicted octanol–water partition coefficient (Wildman–Crippen LogP) is 3.40. The molecule has 2 aromatic heterocycles. The summed E-state index contributed by atoms with van der Waals surface area (Å²) in [5.74, 6) is -0.00271. The smallest absolute Gasteiger partial charge is 0.329 e. The highest BCUT2D eigenvalue weighted by atomic mass is 16.2. The Kier molecular flexibility index (Phi) is 6.20. The number of nitrogens with zero attached hydrogens (tertiary/aromatic N) is 6. The van der Waals surface area contributed by atoms with Gasteiger partial charge in [-0.1, -0.05) is 31.2 Å². The zero-order valence-electron chi connectivity index (χ0n) is 18.7. The molecule has 1 atom stereocenters. The first-order valence-corrected chi connectivity index (χ1v) is 10.9. The summed E-state index contributed by atoms with van der Waals surface area (Å²) >= 11 is 0. The normalized spacial score (nSPS) is 12.2. The Bertz CT molecular complexity index is 1250. The first kappa shape index (κ1) is 21.5. The molecule has 0 spiro atoms. The highest BCUT2D eigenvalue weighted by Gasteiger charge is 2.19. The molecule has 8 heteroatoms. The number of hydrogen-bond acceptors (Lipinski definition) is 4.